The van der Waals surface area contributed by atoms with Crippen LogP contribution in [-0.4, -0.2) is 9.36 Å². The van der Waals surface area contributed by atoms with Crippen LogP contribution < -0.4 is 5.63 Å². The minimum Gasteiger partial charge on any atom is -0.407 e. The highest BCUT2D eigenvalue weighted by Gasteiger charge is 2.21. The molecule has 1 aliphatic carbocycles. The van der Waals surface area contributed by atoms with Crippen LogP contribution in [0.4, 0.5) is 4.39 Å². The van der Waals surface area contributed by atoms with Crippen molar-refractivity contribution in [1.82, 2.24) is 9.36 Å². The van der Waals surface area contributed by atoms with E-state index in [4.69, 9.17) is 16.0 Å². The maximum Gasteiger partial charge on any atom is 0.349 e. The van der Waals surface area contributed by atoms with Gasteiger partial charge in [-0.05, 0) is 24.5 Å². The van der Waals surface area contributed by atoms with Crippen molar-refractivity contribution in [1.29, 1.82) is 0 Å². The number of aromatic nitrogens is 2. The van der Waals surface area contributed by atoms with Crippen molar-refractivity contribution in [2.45, 2.75) is 19.3 Å². The lowest BCUT2D eigenvalue weighted by Gasteiger charge is -2.11. The van der Waals surface area contributed by atoms with Gasteiger partial charge in [0.2, 0.25) is 5.89 Å². The van der Waals surface area contributed by atoms with E-state index < -0.39 is 11.5 Å². The zero-order chi connectivity index (χ0) is 15.0. The van der Waals surface area contributed by atoms with Gasteiger partial charge in [-0.25, -0.2) is 14.2 Å². The molecule has 0 saturated carbocycles. The maximum atomic E-state index is 13.2. The number of allylic oxidation sites excluding steroid dienone is 6. The van der Waals surface area contributed by atoms with Gasteiger partial charge in [0.25, 0.3) is 0 Å². The van der Waals surface area contributed by atoms with Gasteiger partial charge in [0.1, 0.15) is 11.2 Å². The Morgan fingerprint density at radius 1 is 1.52 bits per heavy atom. The Balaban J connectivity index is 2.13. The lowest BCUT2D eigenvalue weighted by Crippen LogP contribution is -2.08. The predicted molar refractivity (Wildman–Crippen MR) is 80.3 cm³/mol. The minimum absolute atomic E-state index is 0.103. The molecule has 0 aliphatic heterocycles. The molecule has 1 aliphatic rings. The first-order valence-corrected chi connectivity index (χ1v) is 7.37. The van der Waals surface area contributed by atoms with Crippen LogP contribution >= 0.6 is 23.1 Å². The standard InChI is InChI=1S/C14H10ClFN2O2S/c1-7-11-13(21-18-7)17-12(20-14(11)19)9-4-2-3-8(16)5-6-10(9)15/h2-4,6,9H,5H2,1H3/b4-2?,8-3+,10-6+. The molecule has 2 aromatic heterocycles. The van der Waals surface area contributed by atoms with Gasteiger partial charge in [-0.3, -0.25) is 0 Å². The quantitative estimate of drug-likeness (QED) is 0.796. The minimum atomic E-state index is -0.504. The SMILES string of the molecule is Cc1nsc2nc(C3C=C/C=C(/F)C/C=C\3Cl)oc(=O)c12. The maximum absolute atomic E-state index is 13.2. The molecule has 1 unspecified atom stereocenters. The highest BCUT2D eigenvalue weighted by Crippen LogP contribution is 2.31. The third-order valence-corrected chi connectivity index (χ3v) is 4.32. The molecule has 2 aromatic rings. The lowest BCUT2D eigenvalue weighted by atomic mass is 10.1. The van der Waals surface area contributed by atoms with Crippen LogP contribution in [-0.2, 0) is 0 Å². The predicted octanol–water partition coefficient (Wildman–Crippen LogP) is 3.97. The van der Waals surface area contributed by atoms with Crippen molar-refractivity contribution in [2.24, 2.45) is 0 Å². The molecule has 0 saturated heterocycles. The Hall–Kier alpha value is -1.79. The van der Waals surface area contributed by atoms with Gasteiger partial charge in [0.15, 0.2) is 4.83 Å². The third kappa shape index (κ3) is 2.69. The third-order valence-electron chi connectivity index (χ3n) is 3.09. The molecule has 7 heteroatoms. The highest BCUT2D eigenvalue weighted by molar-refractivity contribution is 7.12. The van der Waals surface area contributed by atoms with Crippen molar-refractivity contribution >= 4 is 33.4 Å². The number of hydrogen-bond acceptors (Lipinski definition) is 5. The van der Waals surface area contributed by atoms with E-state index in [0.29, 0.717) is 20.9 Å². The van der Waals surface area contributed by atoms with E-state index >= 15 is 0 Å². The second kappa shape index (κ2) is 5.54. The van der Waals surface area contributed by atoms with Crippen LogP contribution in [0.2, 0.25) is 0 Å². The van der Waals surface area contributed by atoms with E-state index in [1.165, 1.54) is 6.08 Å². The first kappa shape index (κ1) is 14.2. The average Bonchev–Trinajstić information content (AvgIpc) is 2.81. The number of fused-ring (bicyclic) bond motifs is 1. The number of halogens is 2. The van der Waals surface area contributed by atoms with Gasteiger partial charge in [0, 0.05) is 11.5 Å². The van der Waals surface area contributed by atoms with Crippen LogP contribution in [0, 0.1) is 6.92 Å². The summed E-state index contributed by atoms with van der Waals surface area (Å²) >= 11 is 7.31. The summed E-state index contributed by atoms with van der Waals surface area (Å²) in [5.74, 6) is -0.606. The van der Waals surface area contributed by atoms with E-state index in [9.17, 15) is 9.18 Å². The summed E-state index contributed by atoms with van der Waals surface area (Å²) in [5, 5.41) is 0.760. The van der Waals surface area contributed by atoms with Gasteiger partial charge >= 0.3 is 5.63 Å². The van der Waals surface area contributed by atoms with Gasteiger partial charge in [0.05, 0.1) is 11.6 Å². The van der Waals surface area contributed by atoms with Gasteiger partial charge in [-0.1, -0.05) is 29.8 Å². The number of hydrogen-bond donors (Lipinski definition) is 0. The Labute approximate surface area is 128 Å². The number of aryl methyl sites for hydroxylation is 1. The second-order valence-corrected chi connectivity index (χ2v) is 5.75. The fourth-order valence-corrected chi connectivity index (χ4v) is 3.04. The van der Waals surface area contributed by atoms with E-state index in [2.05, 4.69) is 9.36 Å². The topological polar surface area (TPSA) is 56.0 Å². The first-order chi connectivity index (χ1) is 10.1. The summed E-state index contributed by atoms with van der Waals surface area (Å²) in [5.41, 5.74) is 0.116. The summed E-state index contributed by atoms with van der Waals surface area (Å²) in [4.78, 5) is 16.9. The average molecular weight is 325 g/mol. The summed E-state index contributed by atoms with van der Waals surface area (Å²) < 4.78 is 22.6. The van der Waals surface area contributed by atoms with Gasteiger partial charge in [-0.15, -0.1) is 0 Å². The van der Waals surface area contributed by atoms with Crippen molar-refractivity contribution in [3.63, 3.8) is 0 Å². The summed E-state index contributed by atoms with van der Waals surface area (Å²) in [6.45, 7) is 1.73. The van der Waals surface area contributed by atoms with Gasteiger partial charge < -0.3 is 4.42 Å². The molecule has 0 fully saturated rings. The van der Waals surface area contributed by atoms with Crippen LogP contribution in [0.25, 0.3) is 10.2 Å². The molecular weight excluding hydrogens is 315 g/mol. The number of nitrogens with zero attached hydrogens (tertiary/aromatic N) is 2. The van der Waals surface area contributed by atoms with Crippen LogP contribution in [0.15, 0.2) is 44.4 Å². The largest absolute Gasteiger partial charge is 0.407 e. The monoisotopic (exact) mass is 324 g/mol. The fourth-order valence-electron chi connectivity index (χ4n) is 2.02. The van der Waals surface area contributed by atoms with Crippen LogP contribution in [0.5, 0.6) is 0 Å². The molecule has 0 spiro atoms. The molecule has 21 heavy (non-hydrogen) atoms. The normalized spacial score (nSPS) is 24.0. The molecule has 4 nitrogen and oxygen atoms in total. The van der Waals surface area contributed by atoms with Crippen LogP contribution in [0.3, 0.4) is 0 Å². The Morgan fingerprint density at radius 2 is 2.33 bits per heavy atom. The van der Waals surface area contributed by atoms with E-state index in [0.717, 1.165) is 11.5 Å². The summed E-state index contributed by atoms with van der Waals surface area (Å²) in [6.07, 6.45) is 6.18. The van der Waals surface area contributed by atoms with E-state index in [1.54, 1.807) is 25.2 Å². The molecular formula is C14H10ClFN2O2S. The summed E-state index contributed by atoms with van der Waals surface area (Å²) in [7, 11) is 0. The Bertz CT molecular complexity index is 850. The lowest BCUT2D eigenvalue weighted by molar-refractivity contribution is 0.442. The molecule has 108 valence electrons. The molecule has 0 amide bonds. The van der Waals surface area contributed by atoms with Gasteiger partial charge in [-0.2, -0.15) is 4.37 Å². The zero-order valence-electron chi connectivity index (χ0n) is 11.0. The number of rotatable bonds is 1. The zero-order valence-corrected chi connectivity index (χ0v) is 12.5. The van der Waals surface area contributed by atoms with Crippen molar-refractivity contribution in [3.05, 3.63) is 57.2 Å². The first-order valence-electron chi connectivity index (χ1n) is 6.21. The van der Waals surface area contributed by atoms with E-state index in [1.807, 2.05) is 0 Å². The molecule has 3 rings (SSSR count). The molecule has 0 bridgehead atoms. The second-order valence-electron chi connectivity index (χ2n) is 4.56. The smallest absolute Gasteiger partial charge is 0.349 e. The highest BCUT2D eigenvalue weighted by atomic mass is 35.5. The van der Waals surface area contributed by atoms with Crippen molar-refractivity contribution in [2.75, 3.05) is 0 Å². The van der Waals surface area contributed by atoms with Crippen LogP contribution in [0.1, 0.15) is 23.9 Å². The Morgan fingerprint density at radius 3 is 3.14 bits per heavy atom. The molecule has 0 aromatic carbocycles. The van der Waals surface area contributed by atoms with Crippen molar-refractivity contribution < 1.29 is 8.81 Å². The molecule has 0 N–H and O–H groups in total. The molecule has 1 atom stereocenters. The van der Waals surface area contributed by atoms with E-state index in [-0.39, 0.29) is 18.1 Å². The fraction of sp³-hybridized carbons (Fsp3) is 0.214. The summed E-state index contributed by atoms with van der Waals surface area (Å²) in [6, 6.07) is 0. The Kier molecular flexibility index (Phi) is 3.73. The van der Waals surface area contributed by atoms with Crippen molar-refractivity contribution in [3.8, 4) is 0 Å². The molecule has 0 radical (unpaired) electrons. The molecule has 2 heterocycles.